The molecule has 3 rings (SSSR count). The first kappa shape index (κ1) is 21.4. The number of halogens is 2. The molecule has 1 aliphatic heterocycles. The fraction of sp³-hybridized carbons (Fsp3) is 0.304. The van der Waals surface area contributed by atoms with Crippen molar-refractivity contribution in [2.45, 2.75) is 19.4 Å². The number of rotatable bonds is 5. The summed E-state index contributed by atoms with van der Waals surface area (Å²) in [6.07, 6.45) is 4.78. The molecule has 0 aromatic heterocycles. The molecular weight excluding hydrogens is 407 g/mol. The second-order valence-electron chi connectivity index (χ2n) is 7.29. The molecule has 0 atom stereocenters. The van der Waals surface area contributed by atoms with E-state index in [-0.39, 0.29) is 17.7 Å². The van der Waals surface area contributed by atoms with Crippen molar-refractivity contribution in [3.8, 4) is 0 Å². The smallest absolute Gasteiger partial charge is 0.246 e. The minimum Gasteiger partial charge on any atom is -0.341 e. The molecule has 1 heterocycles. The Morgan fingerprint density at radius 1 is 1.07 bits per heavy atom. The fourth-order valence-electron chi connectivity index (χ4n) is 3.49. The topological polar surface area (TPSA) is 40.6 Å². The van der Waals surface area contributed by atoms with Gasteiger partial charge in [0, 0.05) is 38.7 Å². The third-order valence-corrected chi connectivity index (χ3v) is 5.89. The molecule has 4 nitrogen and oxygen atoms in total. The van der Waals surface area contributed by atoms with Crippen molar-refractivity contribution in [1.82, 2.24) is 9.80 Å². The van der Waals surface area contributed by atoms with Gasteiger partial charge in [-0.25, -0.2) is 0 Å². The highest BCUT2D eigenvalue weighted by Gasteiger charge is 2.28. The molecule has 152 valence electrons. The number of piperidine rings is 1. The van der Waals surface area contributed by atoms with E-state index >= 15 is 0 Å². The monoisotopic (exact) mass is 430 g/mol. The molecule has 0 unspecified atom stereocenters. The predicted molar refractivity (Wildman–Crippen MR) is 118 cm³/mol. The van der Waals surface area contributed by atoms with Gasteiger partial charge >= 0.3 is 0 Å². The van der Waals surface area contributed by atoms with Crippen LogP contribution in [0.2, 0.25) is 10.0 Å². The molecule has 0 aliphatic carbocycles. The van der Waals surface area contributed by atoms with Crippen molar-refractivity contribution < 1.29 is 9.59 Å². The highest BCUT2D eigenvalue weighted by atomic mass is 35.5. The fourth-order valence-corrected chi connectivity index (χ4v) is 3.81. The Morgan fingerprint density at radius 2 is 1.76 bits per heavy atom. The highest BCUT2D eigenvalue weighted by Crippen LogP contribution is 2.24. The first-order valence-electron chi connectivity index (χ1n) is 9.65. The third kappa shape index (κ3) is 5.84. The van der Waals surface area contributed by atoms with Gasteiger partial charge in [0.2, 0.25) is 11.8 Å². The predicted octanol–water partition coefficient (Wildman–Crippen LogP) is 4.90. The average Bonchev–Trinajstić information content (AvgIpc) is 2.75. The molecule has 1 aliphatic rings. The Balaban J connectivity index is 1.50. The average molecular weight is 431 g/mol. The molecule has 0 spiro atoms. The molecule has 0 saturated carbocycles. The largest absolute Gasteiger partial charge is 0.341 e. The first-order chi connectivity index (χ1) is 13.9. The van der Waals surface area contributed by atoms with E-state index in [9.17, 15) is 9.59 Å². The zero-order chi connectivity index (χ0) is 20.8. The van der Waals surface area contributed by atoms with Crippen LogP contribution in [0.25, 0.3) is 6.08 Å². The minimum atomic E-state index is -0.0649. The van der Waals surface area contributed by atoms with Crippen LogP contribution < -0.4 is 0 Å². The van der Waals surface area contributed by atoms with Gasteiger partial charge in [0.1, 0.15) is 0 Å². The van der Waals surface area contributed by atoms with Crippen molar-refractivity contribution in [2.24, 2.45) is 5.92 Å². The Kier molecular flexibility index (Phi) is 7.34. The first-order valence-corrected chi connectivity index (χ1v) is 10.4. The van der Waals surface area contributed by atoms with Gasteiger partial charge < -0.3 is 9.80 Å². The molecule has 2 aromatic rings. The lowest BCUT2D eigenvalue weighted by Crippen LogP contribution is -2.42. The molecule has 0 bridgehead atoms. The van der Waals surface area contributed by atoms with Crippen LogP contribution in [-0.4, -0.2) is 41.8 Å². The van der Waals surface area contributed by atoms with Crippen LogP contribution in [0.1, 0.15) is 24.0 Å². The Morgan fingerprint density at radius 3 is 2.41 bits per heavy atom. The molecule has 2 aromatic carbocycles. The summed E-state index contributed by atoms with van der Waals surface area (Å²) < 4.78 is 0. The summed E-state index contributed by atoms with van der Waals surface area (Å²) in [5, 5.41) is 0.989. The second kappa shape index (κ2) is 9.95. The van der Waals surface area contributed by atoms with E-state index in [0.29, 0.717) is 42.5 Å². The summed E-state index contributed by atoms with van der Waals surface area (Å²) in [6.45, 7) is 1.67. The molecule has 29 heavy (non-hydrogen) atoms. The van der Waals surface area contributed by atoms with Crippen LogP contribution in [0.15, 0.2) is 54.6 Å². The summed E-state index contributed by atoms with van der Waals surface area (Å²) in [4.78, 5) is 28.7. The number of amides is 2. The lowest BCUT2D eigenvalue weighted by Gasteiger charge is -2.32. The molecule has 0 radical (unpaired) electrons. The van der Waals surface area contributed by atoms with Crippen LogP contribution in [0.3, 0.4) is 0 Å². The maximum Gasteiger partial charge on any atom is 0.246 e. The molecular formula is C23H24Cl2N2O2. The van der Waals surface area contributed by atoms with E-state index < -0.39 is 0 Å². The van der Waals surface area contributed by atoms with Gasteiger partial charge in [-0.05, 0) is 42.2 Å². The molecule has 2 amide bonds. The number of benzene rings is 2. The van der Waals surface area contributed by atoms with E-state index in [1.54, 1.807) is 30.2 Å². The van der Waals surface area contributed by atoms with Crippen molar-refractivity contribution in [3.63, 3.8) is 0 Å². The normalized spacial score (nSPS) is 14.9. The molecule has 1 saturated heterocycles. The maximum atomic E-state index is 12.8. The minimum absolute atomic E-state index is 0.0103. The summed E-state index contributed by atoms with van der Waals surface area (Å²) >= 11 is 12.0. The maximum absolute atomic E-state index is 12.8. The third-order valence-electron chi connectivity index (χ3n) is 5.15. The van der Waals surface area contributed by atoms with Crippen molar-refractivity contribution in [1.29, 1.82) is 0 Å². The summed E-state index contributed by atoms with van der Waals surface area (Å²) in [6, 6.07) is 15.1. The molecule has 0 N–H and O–H groups in total. The standard InChI is InChI=1S/C23H24Cl2N2O2/c1-26(16-18-7-9-20(24)21(25)15-18)23(29)19-11-13-27(14-12-19)22(28)10-8-17-5-3-2-4-6-17/h2-10,15,19H,11-14,16H2,1H3/b10-8+. The van der Waals surface area contributed by atoms with E-state index in [2.05, 4.69) is 0 Å². The zero-order valence-electron chi connectivity index (χ0n) is 16.4. The Hall–Kier alpha value is -2.30. The van der Waals surface area contributed by atoms with Crippen LogP contribution in [-0.2, 0) is 16.1 Å². The van der Waals surface area contributed by atoms with Crippen molar-refractivity contribution in [3.05, 3.63) is 75.8 Å². The van der Waals surface area contributed by atoms with Gasteiger partial charge in [0.15, 0.2) is 0 Å². The van der Waals surface area contributed by atoms with Crippen LogP contribution in [0, 0.1) is 5.92 Å². The van der Waals surface area contributed by atoms with Gasteiger partial charge in [-0.3, -0.25) is 9.59 Å². The van der Waals surface area contributed by atoms with Crippen LogP contribution in [0.5, 0.6) is 0 Å². The van der Waals surface area contributed by atoms with Crippen LogP contribution >= 0.6 is 23.2 Å². The van der Waals surface area contributed by atoms with Crippen molar-refractivity contribution >= 4 is 41.1 Å². The van der Waals surface area contributed by atoms with Gasteiger partial charge in [-0.15, -0.1) is 0 Å². The van der Waals surface area contributed by atoms with E-state index in [0.717, 1.165) is 11.1 Å². The van der Waals surface area contributed by atoms with Gasteiger partial charge in [0.25, 0.3) is 0 Å². The van der Waals surface area contributed by atoms with Crippen LogP contribution in [0.4, 0.5) is 0 Å². The number of nitrogens with zero attached hydrogens (tertiary/aromatic N) is 2. The number of hydrogen-bond donors (Lipinski definition) is 0. The van der Waals surface area contributed by atoms with E-state index in [4.69, 9.17) is 23.2 Å². The van der Waals surface area contributed by atoms with Crippen molar-refractivity contribution in [2.75, 3.05) is 20.1 Å². The zero-order valence-corrected chi connectivity index (χ0v) is 17.9. The van der Waals surface area contributed by atoms with Gasteiger partial charge in [-0.2, -0.15) is 0 Å². The molecule has 6 heteroatoms. The number of likely N-dealkylation sites (tertiary alicyclic amines) is 1. The summed E-state index contributed by atoms with van der Waals surface area (Å²) in [5.74, 6) is 0.0248. The number of carbonyl (C=O) groups excluding carboxylic acids is 2. The molecule has 1 fully saturated rings. The van der Waals surface area contributed by atoms with Gasteiger partial charge in [0.05, 0.1) is 10.0 Å². The van der Waals surface area contributed by atoms with E-state index in [1.165, 1.54) is 0 Å². The SMILES string of the molecule is CN(Cc1ccc(Cl)c(Cl)c1)C(=O)C1CCN(C(=O)/C=C/c2ccccc2)CC1. The number of carbonyl (C=O) groups is 2. The highest BCUT2D eigenvalue weighted by molar-refractivity contribution is 6.42. The quantitative estimate of drug-likeness (QED) is 0.632. The van der Waals surface area contributed by atoms with E-state index in [1.807, 2.05) is 47.4 Å². The lowest BCUT2D eigenvalue weighted by molar-refractivity contribution is -0.138. The Bertz CT molecular complexity index is 891. The van der Waals surface area contributed by atoms with Gasteiger partial charge in [-0.1, -0.05) is 59.6 Å². The Labute approximate surface area is 181 Å². The number of hydrogen-bond acceptors (Lipinski definition) is 2. The summed E-state index contributed by atoms with van der Waals surface area (Å²) in [5.41, 5.74) is 1.93. The summed E-state index contributed by atoms with van der Waals surface area (Å²) in [7, 11) is 1.80. The lowest BCUT2D eigenvalue weighted by atomic mass is 9.95. The second-order valence-corrected chi connectivity index (χ2v) is 8.10.